The normalized spacial score (nSPS) is 13.3. The molecule has 0 fully saturated rings. The Hall–Kier alpha value is -2.63. The van der Waals surface area contributed by atoms with Gasteiger partial charge in [-0.3, -0.25) is 9.48 Å². The molecule has 1 aliphatic heterocycles. The maximum absolute atomic E-state index is 12.5. The number of hydrogen-bond donors (Lipinski definition) is 1. The largest absolute Gasteiger partial charge is 0.477 e. The van der Waals surface area contributed by atoms with E-state index >= 15 is 0 Å². The molecule has 0 atom stereocenters. The fourth-order valence-corrected chi connectivity index (χ4v) is 2.57. The topological polar surface area (TPSA) is 75.4 Å². The molecule has 0 spiro atoms. The lowest BCUT2D eigenvalue weighted by atomic mass is 10.1. The summed E-state index contributed by atoms with van der Waals surface area (Å²) in [6, 6.07) is 9.23. The van der Waals surface area contributed by atoms with Crippen molar-refractivity contribution in [2.75, 3.05) is 0 Å². The van der Waals surface area contributed by atoms with Gasteiger partial charge in [0.1, 0.15) is 5.69 Å². The van der Waals surface area contributed by atoms with Crippen LogP contribution in [-0.4, -0.2) is 31.7 Å². The van der Waals surface area contributed by atoms with Gasteiger partial charge in [0, 0.05) is 25.7 Å². The summed E-state index contributed by atoms with van der Waals surface area (Å²) in [6.07, 6.45) is 0. The maximum Gasteiger partial charge on any atom is 0.354 e. The van der Waals surface area contributed by atoms with Crippen molar-refractivity contribution in [3.63, 3.8) is 0 Å². The zero-order chi connectivity index (χ0) is 15.0. The molecule has 2 heterocycles. The van der Waals surface area contributed by atoms with Crippen molar-refractivity contribution in [1.82, 2.24) is 14.7 Å². The van der Waals surface area contributed by atoms with Crippen LogP contribution in [-0.2, 0) is 19.6 Å². The third-order valence-electron chi connectivity index (χ3n) is 3.65. The summed E-state index contributed by atoms with van der Waals surface area (Å²) in [5.74, 6) is -1.31. The average Bonchev–Trinajstić information content (AvgIpc) is 3.10. The van der Waals surface area contributed by atoms with Gasteiger partial charge >= 0.3 is 5.97 Å². The molecule has 108 valence electrons. The van der Waals surface area contributed by atoms with Crippen molar-refractivity contribution in [2.45, 2.75) is 26.6 Å². The first kappa shape index (κ1) is 13.4. The van der Waals surface area contributed by atoms with E-state index in [0.717, 1.165) is 11.1 Å². The summed E-state index contributed by atoms with van der Waals surface area (Å²) in [4.78, 5) is 25.3. The molecule has 1 aromatic carbocycles. The number of carbonyl (C=O) groups is 2. The number of fused-ring (bicyclic) bond motifs is 1. The first-order valence-electron chi connectivity index (χ1n) is 6.77. The number of carboxylic acid groups (broad SMARTS) is 1. The molecular weight excluding hydrogens is 270 g/mol. The molecule has 1 aromatic heterocycles. The highest BCUT2D eigenvalue weighted by Gasteiger charge is 2.27. The minimum Gasteiger partial charge on any atom is -0.477 e. The Labute approximate surface area is 121 Å². The molecule has 0 bridgehead atoms. The number of rotatable bonds is 3. The number of carboxylic acids is 1. The van der Waals surface area contributed by atoms with E-state index in [1.54, 1.807) is 11.8 Å². The van der Waals surface area contributed by atoms with Gasteiger partial charge in [-0.1, -0.05) is 24.3 Å². The van der Waals surface area contributed by atoms with E-state index in [2.05, 4.69) is 5.10 Å². The third-order valence-corrected chi connectivity index (χ3v) is 3.65. The van der Waals surface area contributed by atoms with E-state index in [9.17, 15) is 9.59 Å². The number of aromatic carboxylic acids is 1. The van der Waals surface area contributed by atoms with Crippen molar-refractivity contribution in [1.29, 1.82) is 0 Å². The highest BCUT2D eigenvalue weighted by atomic mass is 16.4. The van der Waals surface area contributed by atoms with Gasteiger partial charge in [0.05, 0.1) is 0 Å². The van der Waals surface area contributed by atoms with Crippen LogP contribution in [0.1, 0.15) is 39.0 Å². The van der Waals surface area contributed by atoms with Gasteiger partial charge in [-0.25, -0.2) is 4.79 Å². The lowest BCUT2D eigenvalue weighted by Crippen LogP contribution is -2.25. The minimum atomic E-state index is -1.08. The van der Waals surface area contributed by atoms with Crippen LogP contribution in [0, 0.1) is 0 Å². The third kappa shape index (κ3) is 2.29. The highest BCUT2D eigenvalue weighted by Crippen LogP contribution is 2.23. The van der Waals surface area contributed by atoms with Gasteiger partial charge in [0.15, 0.2) is 5.69 Å². The molecule has 0 aliphatic carbocycles. The number of amides is 1. The molecule has 3 rings (SSSR count). The zero-order valence-corrected chi connectivity index (χ0v) is 11.6. The Morgan fingerprint density at radius 1 is 1.24 bits per heavy atom. The smallest absolute Gasteiger partial charge is 0.354 e. The van der Waals surface area contributed by atoms with E-state index in [-0.39, 0.29) is 17.3 Å². The fraction of sp³-hybridized carbons (Fsp3) is 0.267. The molecular formula is C15H15N3O3. The van der Waals surface area contributed by atoms with Gasteiger partial charge < -0.3 is 10.0 Å². The van der Waals surface area contributed by atoms with Gasteiger partial charge in [-0.15, -0.1) is 0 Å². The average molecular weight is 285 g/mol. The van der Waals surface area contributed by atoms with Crippen LogP contribution in [0.5, 0.6) is 0 Å². The van der Waals surface area contributed by atoms with E-state index in [0.29, 0.717) is 19.6 Å². The standard InChI is InChI=1S/C15H15N3O3/c1-2-18-13(15(20)21)7-12(16-18)14(19)17-8-10-5-3-4-6-11(10)9-17/h3-7H,2,8-9H2,1H3,(H,20,21). The number of carbonyl (C=O) groups excluding carboxylic acids is 1. The first-order chi connectivity index (χ1) is 10.1. The molecule has 1 amide bonds. The molecule has 6 heteroatoms. The first-order valence-corrected chi connectivity index (χ1v) is 6.77. The number of benzene rings is 1. The second-order valence-corrected chi connectivity index (χ2v) is 4.97. The monoisotopic (exact) mass is 285 g/mol. The summed E-state index contributed by atoms with van der Waals surface area (Å²) >= 11 is 0. The minimum absolute atomic E-state index is 0.0394. The lowest BCUT2D eigenvalue weighted by Gasteiger charge is -2.13. The molecule has 2 aromatic rings. The predicted octanol–water partition coefficient (Wildman–Crippen LogP) is 1.76. The van der Waals surface area contributed by atoms with Gasteiger partial charge in [0.2, 0.25) is 0 Å². The molecule has 0 saturated carbocycles. The van der Waals surface area contributed by atoms with E-state index in [4.69, 9.17) is 5.11 Å². The summed E-state index contributed by atoms with van der Waals surface area (Å²) in [5.41, 5.74) is 2.47. The van der Waals surface area contributed by atoms with Crippen molar-refractivity contribution in [2.24, 2.45) is 0 Å². The SMILES string of the molecule is CCn1nc(C(=O)N2Cc3ccccc3C2)cc1C(=O)O. The summed E-state index contributed by atoms with van der Waals surface area (Å²) in [7, 11) is 0. The van der Waals surface area contributed by atoms with Crippen LogP contribution >= 0.6 is 0 Å². The number of nitrogens with zero attached hydrogens (tertiary/aromatic N) is 3. The zero-order valence-electron chi connectivity index (χ0n) is 11.6. The van der Waals surface area contributed by atoms with Crippen LogP contribution in [0.3, 0.4) is 0 Å². The highest BCUT2D eigenvalue weighted by molar-refractivity contribution is 5.95. The molecule has 0 saturated heterocycles. The van der Waals surface area contributed by atoms with E-state index in [1.807, 2.05) is 24.3 Å². The van der Waals surface area contributed by atoms with Crippen molar-refractivity contribution in [3.8, 4) is 0 Å². The quantitative estimate of drug-likeness (QED) is 0.932. The molecule has 0 unspecified atom stereocenters. The fourth-order valence-electron chi connectivity index (χ4n) is 2.57. The van der Waals surface area contributed by atoms with Crippen LogP contribution < -0.4 is 0 Å². The summed E-state index contributed by atoms with van der Waals surface area (Å²) in [5, 5.41) is 13.2. The number of aromatic nitrogens is 2. The Kier molecular flexibility index (Phi) is 3.21. The van der Waals surface area contributed by atoms with E-state index in [1.165, 1.54) is 10.7 Å². The second-order valence-electron chi connectivity index (χ2n) is 4.97. The molecule has 0 radical (unpaired) electrons. The van der Waals surface area contributed by atoms with Crippen LogP contribution in [0.4, 0.5) is 0 Å². The van der Waals surface area contributed by atoms with Gasteiger partial charge in [-0.2, -0.15) is 5.10 Å². The predicted molar refractivity (Wildman–Crippen MR) is 74.9 cm³/mol. The summed E-state index contributed by atoms with van der Waals surface area (Å²) in [6.45, 7) is 3.28. The number of aryl methyl sites for hydroxylation is 1. The van der Waals surface area contributed by atoms with Crippen molar-refractivity contribution >= 4 is 11.9 Å². The Bertz CT molecular complexity index is 696. The lowest BCUT2D eigenvalue weighted by molar-refractivity contribution is 0.0682. The Morgan fingerprint density at radius 3 is 2.33 bits per heavy atom. The molecule has 21 heavy (non-hydrogen) atoms. The molecule has 1 aliphatic rings. The second kappa shape index (κ2) is 5.05. The van der Waals surface area contributed by atoms with Crippen LogP contribution in [0.15, 0.2) is 30.3 Å². The van der Waals surface area contributed by atoms with Crippen molar-refractivity contribution in [3.05, 3.63) is 52.8 Å². The number of hydrogen-bond acceptors (Lipinski definition) is 3. The van der Waals surface area contributed by atoms with Crippen LogP contribution in [0.25, 0.3) is 0 Å². The van der Waals surface area contributed by atoms with Gasteiger partial charge in [0.25, 0.3) is 5.91 Å². The molecule has 6 nitrogen and oxygen atoms in total. The molecule has 1 N–H and O–H groups in total. The summed E-state index contributed by atoms with van der Waals surface area (Å²) < 4.78 is 1.33. The van der Waals surface area contributed by atoms with Crippen LogP contribution in [0.2, 0.25) is 0 Å². The van der Waals surface area contributed by atoms with E-state index < -0.39 is 5.97 Å². The maximum atomic E-state index is 12.5. The van der Waals surface area contributed by atoms with Gasteiger partial charge in [-0.05, 0) is 18.1 Å². The Balaban J connectivity index is 1.86. The Morgan fingerprint density at radius 2 is 1.86 bits per heavy atom. The van der Waals surface area contributed by atoms with Crippen molar-refractivity contribution < 1.29 is 14.7 Å².